The average Bonchev–Trinajstić information content (AvgIpc) is 2.74. The third-order valence-electron chi connectivity index (χ3n) is 4.62. The van der Waals surface area contributed by atoms with Crippen LogP contribution < -0.4 is 10.1 Å². The van der Waals surface area contributed by atoms with E-state index in [0.29, 0.717) is 28.1 Å². The van der Waals surface area contributed by atoms with Gasteiger partial charge in [-0.1, -0.05) is 24.3 Å². The fourth-order valence-electron chi connectivity index (χ4n) is 2.86. The lowest BCUT2D eigenvalue weighted by atomic mass is 10.1. The molecule has 0 saturated heterocycles. The van der Waals surface area contributed by atoms with Crippen LogP contribution in [0.2, 0.25) is 0 Å². The first-order valence-electron chi connectivity index (χ1n) is 9.48. The predicted molar refractivity (Wildman–Crippen MR) is 114 cm³/mol. The van der Waals surface area contributed by atoms with Gasteiger partial charge in [-0.25, -0.2) is 0 Å². The number of nitrogens with zero attached hydrogens (tertiary/aromatic N) is 1. The molecule has 0 aliphatic carbocycles. The van der Waals surface area contributed by atoms with Crippen LogP contribution in [0.3, 0.4) is 0 Å². The number of benzene rings is 2. The molecule has 6 nitrogen and oxygen atoms in total. The van der Waals surface area contributed by atoms with E-state index in [4.69, 9.17) is 4.74 Å². The standard InChI is InChI=1S/C24H22N2O4/c1-15(27)18-4-6-20(7-5-18)17(3)30-23-12-21(13-25-14-23)24(29)26-22-10-8-19(9-11-22)16(2)28/h4-14,17H,1-3H3,(H,26,29)/t17-/m0/s1. The van der Waals surface area contributed by atoms with Crippen molar-refractivity contribution in [3.63, 3.8) is 0 Å². The van der Waals surface area contributed by atoms with E-state index >= 15 is 0 Å². The second kappa shape index (κ2) is 9.13. The Morgan fingerprint density at radius 1 is 0.833 bits per heavy atom. The van der Waals surface area contributed by atoms with E-state index in [0.717, 1.165) is 5.56 Å². The summed E-state index contributed by atoms with van der Waals surface area (Å²) < 4.78 is 5.92. The lowest BCUT2D eigenvalue weighted by Gasteiger charge is -2.15. The molecule has 0 radical (unpaired) electrons. The highest BCUT2D eigenvalue weighted by molar-refractivity contribution is 6.04. The lowest BCUT2D eigenvalue weighted by molar-refractivity contribution is 0.100. The summed E-state index contributed by atoms with van der Waals surface area (Å²) in [5.74, 6) is 0.0978. The summed E-state index contributed by atoms with van der Waals surface area (Å²) in [6, 6.07) is 15.5. The van der Waals surface area contributed by atoms with Gasteiger partial charge in [0, 0.05) is 23.0 Å². The van der Waals surface area contributed by atoms with Crippen LogP contribution in [0.5, 0.6) is 5.75 Å². The van der Waals surface area contributed by atoms with Gasteiger partial charge in [0.15, 0.2) is 11.6 Å². The van der Waals surface area contributed by atoms with Crippen molar-refractivity contribution in [3.05, 3.63) is 89.2 Å². The van der Waals surface area contributed by atoms with Crippen molar-refractivity contribution >= 4 is 23.2 Å². The van der Waals surface area contributed by atoms with Gasteiger partial charge in [-0.2, -0.15) is 0 Å². The normalized spacial score (nSPS) is 11.4. The van der Waals surface area contributed by atoms with Crippen LogP contribution in [0.4, 0.5) is 5.69 Å². The summed E-state index contributed by atoms with van der Waals surface area (Å²) in [6.07, 6.45) is 2.71. The van der Waals surface area contributed by atoms with Crippen molar-refractivity contribution in [2.45, 2.75) is 26.9 Å². The van der Waals surface area contributed by atoms with Crippen molar-refractivity contribution < 1.29 is 19.1 Å². The van der Waals surface area contributed by atoms with E-state index in [1.165, 1.54) is 20.0 Å². The summed E-state index contributed by atoms with van der Waals surface area (Å²) >= 11 is 0. The molecule has 3 aromatic rings. The Hall–Kier alpha value is -3.80. The number of rotatable bonds is 7. The number of pyridine rings is 1. The number of ketones is 2. The van der Waals surface area contributed by atoms with E-state index in [1.54, 1.807) is 48.7 Å². The van der Waals surface area contributed by atoms with E-state index < -0.39 is 0 Å². The molecule has 1 N–H and O–H groups in total. The molecule has 0 spiro atoms. The summed E-state index contributed by atoms with van der Waals surface area (Å²) in [5.41, 5.74) is 3.05. The van der Waals surface area contributed by atoms with Crippen molar-refractivity contribution in [3.8, 4) is 5.75 Å². The van der Waals surface area contributed by atoms with Crippen molar-refractivity contribution in [1.29, 1.82) is 0 Å². The van der Waals surface area contributed by atoms with Gasteiger partial charge < -0.3 is 10.1 Å². The first-order valence-corrected chi connectivity index (χ1v) is 9.48. The zero-order valence-electron chi connectivity index (χ0n) is 17.0. The molecular weight excluding hydrogens is 380 g/mol. The smallest absolute Gasteiger partial charge is 0.257 e. The van der Waals surface area contributed by atoms with Crippen LogP contribution in [-0.2, 0) is 0 Å². The number of nitrogens with one attached hydrogen (secondary N) is 1. The number of Topliss-reactive ketones (excluding diaryl/α,β-unsaturated/α-hetero) is 2. The van der Waals surface area contributed by atoms with Crippen LogP contribution in [0.25, 0.3) is 0 Å². The first-order chi connectivity index (χ1) is 14.3. The molecule has 2 aromatic carbocycles. The van der Waals surface area contributed by atoms with Gasteiger partial charge in [0.05, 0.1) is 11.8 Å². The minimum absolute atomic E-state index is 0.00830. The molecule has 0 unspecified atom stereocenters. The van der Waals surface area contributed by atoms with Gasteiger partial charge in [-0.15, -0.1) is 0 Å². The minimum atomic E-state index is -0.331. The number of ether oxygens (including phenoxy) is 1. The molecule has 1 aromatic heterocycles. The average molecular weight is 402 g/mol. The number of hydrogen-bond acceptors (Lipinski definition) is 5. The van der Waals surface area contributed by atoms with Crippen LogP contribution in [0.15, 0.2) is 67.0 Å². The Kier molecular flexibility index (Phi) is 6.37. The molecule has 1 heterocycles. The molecule has 1 atom stereocenters. The number of aromatic nitrogens is 1. The molecular formula is C24H22N2O4. The van der Waals surface area contributed by atoms with Crippen LogP contribution in [0.1, 0.15) is 63.5 Å². The zero-order valence-corrected chi connectivity index (χ0v) is 17.0. The maximum Gasteiger partial charge on any atom is 0.257 e. The first kappa shape index (κ1) is 20.9. The molecule has 0 saturated carbocycles. The van der Waals surface area contributed by atoms with E-state index in [2.05, 4.69) is 10.3 Å². The Balaban J connectivity index is 1.68. The fourth-order valence-corrected chi connectivity index (χ4v) is 2.86. The Bertz CT molecular complexity index is 1070. The SMILES string of the molecule is CC(=O)c1ccc(NC(=O)c2cncc(O[C@@H](C)c3ccc(C(C)=O)cc3)c2)cc1. The van der Waals surface area contributed by atoms with Crippen molar-refractivity contribution in [1.82, 2.24) is 4.98 Å². The highest BCUT2D eigenvalue weighted by atomic mass is 16.5. The van der Waals surface area contributed by atoms with Gasteiger partial charge in [0.25, 0.3) is 5.91 Å². The van der Waals surface area contributed by atoms with Crippen LogP contribution in [0, 0.1) is 0 Å². The monoisotopic (exact) mass is 402 g/mol. The minimum Gasteiger partial charge on any atom is -0.484 e. The van der Waals surface area contributed by atoms with Gasteiger partial charge in [0.2, 0.25) is 0 Å². The summed E-state index contributed by atoms with van der Waals surface area (Å²) in [6.45, 7) is 4.89. The van der Waals surface area contributed by atoms with E-state index in [9.17, 15) is 14.4 Å². The number of amides is 1. The van der Waals surface area contributed by atoms with Crippen LogP contribution in [-0.4, -0.2) is 22.5 Å². The predicted octanol–water partition coefficient (Wildman–Crippen LogP) is 4.88. The van der Waals surface area contributed by atoms with Crippen LogP contribution >= 0.6 is 0 Å². The topological polar surface area (TPSA) is 85.4 Å². The number of anilines is 1. The van der Waals surface area contributed by atoms with Gasteiger partial charge in [-0.3, -0.25) is 19.4 Å². The van der Waals surface area contributed by atoms with E-state index in [-0.39, 0.29) is 23.6 Å². The molecule has 3 rings (SSSR count). The Morgan fingerprint density at radius 2 is 1.40 bits per heavy atom. The molecule has 0 fully saturated rings. The third-order valence-corrected chi connectivity index (χ3v) is 4.62. The third kappa shape index (κ3) is 5.17. The number of carbonyl (C=O) groups is 3. The molecule has 0 aliphatic heterocycles. The quantitative estimate of drug-likeness (QED) is 0.569. The fraction of sp³-hybridized carbons (Fsp3) is 0.167. The number of hydrogen-bond donors (Lipinski definition) is 1. The molecule has 0 aliphatic rings. The van der Waals surface area contributed by atoms with Crippen molar-refractivity contribution in [2.24, 2.45) is 0 Å². The Morgan fingerprint density at radius 3 is 1.97 bits per heavy atom. The zero-order chi connectivity index (χ0) is 21.7. The maximum atomic E-state index is 12.5. The number of carbonyl (C=O) groups excluding carboxylic acids is 3. The Labute approximate surface area is 174 Å². The van der Waals surface area contributed by atoms with Crippen molar-refractivity contribution in [2.75, 3.05) is 5.32 Å². The van der Waals surface area contributed by atoms with E-state index in [1.807, 2.05) is 19.1 Å². The molecule has 30 heavy (non-hydrogen) atoms. The van der Waals surface area contributed by atoms with Gasteiger partial charge >= 0.3 is 0 Å². The molecule has 152 valence electrons. The highest BCUT2D eigenvalue weighted by Crippen LogP contribution is 2.23. The molecule has 6 heteroatoms. The molecule has 1 amide bonds. The summed E-state index contributed by atoms with van der Waals surface area (Å²) in [4.78, 5) is 39.4. The highest BCUT2D eigenvalue weighted by Gasteiger charge is 2.12. The second-order valence-corrected chi connectivity index (χ2v) is 6.94. The summed E-state index contributed by atoms with van der Waals surface area (Å²) in [5, 5.41) is 2.78. The maximum absolute atomic E-state index is 12.5. The largest absolute Gasteiger partial charge is 0.484 e. The second-order valence-electron chi connectivity index (χ2n) is 6.94. The molecule has 0 bridgehead atoms. The summed E-state index contributed by atoms with van der Waals surface area (Å²) in [7, 11) is 0. The lowest BCUT2D eigenvalue weighted by Crippen LogP contribution is -2.13. The van der Waals surface area contributed by atoms with Gasteiger partial charge in [-0.05, 0) is 56.7 Å². The van der Waals surface area contributed by atoms with Gasteiger partial charge in [0.1, 0.15) is 11.9 Å².